The van der Waals surface area contributed by atoms with Gasteiger partial charge in [0.25, 0.3) is 5.69 Å². The van der Waals surface area contributed by atoms with E-state index in [-0.39, 0.29) is 11.4 Å². The van der Waals surface area contributed by atoms with Gasteiger partial charge in [0.05, 0.1) is 27.0 Å². The molecule has 8 nitrogen and oxygen atoms in total. The van der Waals surface area contributed by atoms with Crippen molar-refractivity contribution in [2.45, 2.75) is 0 Å². The maximum absolute atomic E-state index is 10.9. The maximum atomic E-state index is 10.9. The Bertz CT molecular complexity index is 790. The van der Waals surface area contributed by atoms with Crippen LogP contribution < -0.4 is 5.43 Å². The average molecular weight is 316 g/mol. The lowest BCUT2D eigenvalue weighted by Crippen LogP contribution is -1.98. The summed E-state index contributed by atoms with van der Waals surface area (Å²) in [4.78, 5) is 21.0. The van der Waals surface area contributed by atoms with Crippen LogP contribution in [0.3, 0.4) is 0 Å². The molecule has 0 aliphatic heterocycles. The summed E-state index contributed by atoms with van der Waals surface area (Å²) in [6.45, 7) is 0. The molecule has 1 aromatic carbocycles. The highest BCUT2D eigenvalue weighted by molar-refractivity contribution is 7.10. The summed E-state index contributed by atoms with van der Waals surface area (Å²) in [5.41, 5.74) is 1.70. The van der Waals surface area contributed by atoms with Crippen molar-refractivity contribution in [1.82, 2.24) is 0 Å². The van der Waals surface area contributed by atoms with E-state index in [4.69, 9.17) is 0 Å². The first-order valence-corrected chi connectivity index (χ1v) is 6.71. The Hall–Kier alpha value is -3.25. The van der Waals surface area contributed by atoms with E-state index >= 15 is 0 Å². The predicted octanol–water partition coefficient (Wildman–Crippen LogP) is 3.01. The molecule has 110 valence electrons. The highest BCUT2D eigenvalue weighted by atomic mass is 32.1. The number of thiophene rings is 1. The fraction of sp³-hybridized carbons (Fsp3) is 0. The van der Waals surface area contributed by atoms with Gasteiger partial charge in [-0.05, 0) is 29.4 Å². The van der Waals surface area contributed by atoms with Gasteiger partial charge in [0, 0.05) is 6.07 Å². The van der Waals surface area contributed by atoms with Crippen molar-refractivity contribution < 1.29 is 9.85 Å². The van der Waals surface area contributed by atoms with Gasteiger partial charge in [-0.3, -0.25) is 25.7 Å². The Kier molecular flexibility index (Phi) is 4.79. The predicted molar refractivity (Wildman–Crippen MR) is 83.1 cm³/mol. The number of nitro groups is 2. The summed E-state index contributed by atoms with van der Waals surface area (Å²) < 4.78 is 0. The molecular weight excluding hydrogens is 308 g/mol. The van der Waals surface area contributed by atoms with E-state index in [2.05, 4.69) is 22.4 Å². The summed E-state index contributed by atoms with van der Waals surface area (Å²) in [7, 11) is 0. The SMILES string of the molecule is O=[N+]([O-])c1ccc(N/N=C/C#Cc2cccs2)c([N+](=O)[O-])c1. The van der Waals surface area contributed by atoms with E-state index in [1.165, 1.54) is 23.6 Å². The maximum Gasteiger partial charge on any atom is 0.301 e. The second-order valence-corrected chi connectivity index (χ2v) is 4.78. The zero-order valence-electron chi connectivity index (χ0n) is 10.9. The smallest absolute Gasteiger partial charge is 0.271 e. The van der Waals surface area contributed by atoms with Crippen LogP contribution in [0.5, 0.6) is 0 Å². The number of nitro benzene ring substituents is 2. The molecule has 0 saturated carbocycles. The third kappa shape index (κ3) is 3.87. The fourth-order valence-corrected chi connectivity index (χ4v) is 2.05. The standard InChI is InChI=1S/C13H8N4O4S/c18-16(19)10-5-6-12(13(9-10)17(20)21)15-14-7-1-3-11-4-2-8-22-11/h2,4-9,15H/b14-7+. The Balaban J connectivity index is 2.12. The first-order valence-electron chi connectivity index (χ1n) is 5.83. The van der Waals surface area contributed by atoms with Crippen LogP contribution in [0.1, 0.15) is 4.88 Å². The molecule has 0 aliphatic rings. The first kappa shape index (κ1) is 15.1. The average Bonchev–Trinajstić information content (AvgIpc) is 3.00. The second kappa shape index (κ2) is 6.96. The van der Waals surface area contributed by atoms with Gasteiger partial charge in [0.15, 0.2) is 0 Å². The number of non-ortho nitro benzene ring substituents is 1. The van der Waals surface area contributed by atoms with Gasteiger partial charge >= 0.3 is 5.69 Å². The molecule has 0 amide bonds. The van der Waals surface area contributed by atoms with Gasteiger partial charge < -0.3 is 0 Å². The normalized spacial score (nSPS) is 10.0. The van der Waals surface area contributed by atoms with E-state index in [0.717, 1.165) is 17.0 Å². The van der Waals surface area contributed by atoms with Crippen molar-refractivity contribution in [1.29, 1.82) is 0 Å². The number of nitrogens with zero attached hydrogens (tertiary/aromatic N) is 3. The number of hydrazone groups is 1. The lowest BCUT2D eigenvalue weighted by Gasteiger charge is -2.00. The summed E-state index contributed by atoms with van der Waals surface area (Å²) in [5, 5.41) is 27.1. The molecule has 0 bridgehead atoms. The molecule has 1 N–H and O–H groups in total. The highest BCUT2D eigenvalue weighted by Crippen LogP contribution is 2.28. The fourth-order valence-electron chi connectivity index (χ4n) is 1.47. The lowest BCUT2D eigenvalue weighted by molar-refractivity contribution is -0.393. The topological polar surface area (TPSA) is 111 Å². The number of anilines is 1. The molecule has 0 saturated heterocycles. The Morgan fingerprint density at radius 3 is 2.68 bits per heavy atom. The quantitative estimate of drug-likeness (QED) is 0.403. The Morgan fingerprint density at radius 2 is 2.05 bits per heavy atom. The molecule has 2 aromatic rings. The zero-order chi connectivity index (χ0) is 15.9. The summed E-state index contributed by atoms with van der Waals surface area (Å²) >= 11 is 1.48. The van der Waals surface area contributed by atoms with Crippen LogP contribution in [-0.2, 0) is 0 Å². The number of nitrogens with one attached hydrogen (secondary N) is 1. The van der Waals surface area contributed by atoms with Crippen LogP contribution in [-0.4, -0.2) is 16.1 Å². The molecule has 0 atom stereocenters. The van der Waals surface area contributed by atoms with Crippen LogP contribution >= 0.6 is 11.3 Å². The number of rotatable bonds is 4. The van der Waals surface area contributed by atoms with E-state index in [1.54, 1.807) is 0 Å². The van der Waals surface area contributed by atoms with Crippen molar-refractivity contribution >= 4 is 34.6 Å². The van der Waals surface area contributed by atoms with Crippen molar-refractivity contribution in [3.8, 4) is 11.8 Å². The third-order valence-electron chi connectivity index (χ3n) is 2.42. The molecule has 0 radical (unpaired) electrons. The van der Waals surface area contributed by atoms with Crippen LogP contribution in [0.4, 0.5) is 17.1 Å². The molecule has 2 rings (SSSR count). The highest BCUT2D eigenvalue weighted by Gasteiger charge is 2.18. The van der Waals surface area contributed by atoms with Crippen LogP contribution in [0.25, 0.3) is 0 Å². The minimum atomic E-state index is -0.720. The molecule has 0 aliphatic carbocycles. The van der Waals surface area contributed by atoms with Crippen LogP contribution in [0.15, 0.2) is 40.8 Å². The summed E-state index contributed by atoms with van der Waals surface area (Å²) in [5.74, 6) is 5.49. The Morgan fingerprint density at radius 1 is 1.23 bits per heavy atom. The van der Waals surface area contributed by atoms with Crippen molar-refractivity contribution in [3.05, 3.63) is 60.8 Å². The first-order chi connectivity index (χ1) is 10.6. The zero-order valence-corrected chi connectivity index (χ0v) is 11.7. The second-order valence-electron chi connectivity index (χ2n) is 3.83. The molecule has 1 aromatic heterocycles. The van der Waals surface area contributed by atoms with E-state index in [1.807, 2.05) is 17.5 Å². The molecule has 0 fully saturated rings. The molecule has 0 unspecified atom stereocenters. The lowest BCUT2D eigenvalue weighted by atomic mass is 10.2. The minimum Gasteiger partial charge on any atom is -0.271 e. The van der Waals surface area contributed by atoms with Gasteiger partial charge in [0.2, 0.25) is 0 Å². The summed E-state index contributed by atoms with van der Waals surface area (Å²) in [6.07, 6.45) is 1.25. The number of hydrogen-bond donors (Lipinski definition) is 1. The minimum absolute atomic E-state index is 0.0461. The monoisotopic (exact) mass is 316 g/mol. The number of hydrogen-bond acceptors (Lipinski definition) is 7. The van der Waals surface area contributed by atoms with Crippen molar-refractivity contribution in [2.24, 2.45) is 5.10 Å². The van der Waals surface area contributed by atoms with E-state index in [9.17, 15) is 20.2 Å². The van der Waals surface area contributed by atoms with Crippen LogP contribution in [0, 0.1) is 32.1 Å². The molecule has 9 heteroatoms. The third-order valence-corrected chi connectivity index (χ3v) is 3.20. The number of benzene rings is 1. The molecule has 1 heterocycles. The van der Waals surface area contributed by atoms with Crippen LogP contribution in [0.2, 0.25) is 0 Å². The summed E-state index contributed by atoms with van der Waals surface area (Å²) in [6, 6.07) is 6.96. The molecular formula is C13H8N4O4S. The molecule has 0 spiro atoms. The largest absolute Gasteiger partial charge is 0.301 e. The van der Waals surface area contributed by atoms with Gasteiger partial charge in [-0.2, -0.15) is 5.10 Å². The Labute approximate surface area is 128 Å². The van der Waals surface area contributed by atoms with E-state index < -0.39 is 15.5 Å². The van der Waals surface area contributed by atoms with E-state index in [0.29, 0.717) is 0 Å². The van der Waals surface area contributed by atoms with Gasteiger partial charge in [-0.25, -0.2) is 0 Å². The van der Waals surface area contributed by atoms with Gasteiger partial charge in [0.1, 0.15) is 5.69 Å². The van der Waals surface area contributed by atoms with Crippen molar-refractivity contribution in [2.75, 3.05) is 5.43 Å². The van der Waals surface area contributed by atoms with Crippen molar-refractivity contribution in [3.63, 3.8) is 0 Å². The molecule has 22 heavy (non-hydrogen) atoms. The van der Waals surface area contributed by atoms with Gasteiger partial charge in [-0.1, -0.05) is 6.07 Å². The van der Waals surface area contributed by atoms with Gasteiger partial charge in [-0.15, -0.1) is 11.3 Å².